The smallest absolute Gasteiger partial charge is 0.320 e. The highest BCUT2D eigenvalue weighted by molar-refractivity contribution is 5.90. The summed E-state index contributed by atoms with van der Waals surface area (Å²) in [6.45, 7) is 13.6. The number of nitrogens with zero attached hydrogens (tertiary/aromatic N) is 3. The van der Waals surface area contributed by atoms with Crippen LogP contribution in [0.15, 0.2) is 36.5 Å². The van der Waals surface area contributed by atoms with Crippen molar-refractivity contribution in [2.45, 2.75) is 64.4 Å². The third-order valence-electron chi connectivity index (χ3n) is 7.44. The van der Waals surface area contributed by atoms with Gasteiger partial charge in [-0.25, -0.2) is 9.78 Å². The van der Waals surface area contributed by atoms with Crippen molar-refractivity contribution < 1.29 is 9.53 Å². The van der Waals surface area contributed by atoms with Gasteiger partial charge in [-0.05, 0) is 107 Å². The van der Waals surface area contributed by atoms with E-state index in [2.05, 4.69) is 55.8 Å². The molecule has 1 unspecified atom stereocenters. The number of amides is 2. The van der Waals surface area contributed by atoms with Gasteiger partial charge in [0.15, 0.2) is 0 Å². The topological polar surface area (TPSA) is 61.5 Å². The minimum absolute atomic E-state index is 0.206. The second-order valence-corrected chi connectivity index (χ2v) is 10.7. The molecule has 4 heterocycles. The fourth-order valence-corrected chi connectivity index (χ4v) is 5.40. The Labute approximate surface area is 208 Å². The van der Waals surface area contributed by atoms with Gasteiger partial charge in [0.1, 0.15) is 17.0 Å². The van der Waals surface area contributed by atoms with Crippen LogP contribution in [-0.4, -0.2) is 57.6 Å². The number of ether oxygens (including phenoxy) is 1. The molecule has 35 heavy (non-hydrogen) atoms. The van der Waals surface area contributed by atoms with Crippen molar-refractivity contribution in [3.05, 3.63) is 54.6 Å². The van der Waals surface area contributed by atoms with E-state index in [4.69, 9.17) is 9.72 Å². The lowest BCUT2D eigenvalue weighted by atomic mass is 9.87. The highest BCUT2D eigenvalue weighted by Crippen LogP contribution is 2.40. The maximum atomic E-state index is 13.2. The number of aryl methyl sites for hydroxylation is 1. The Balaban J connectivity index is 1.49. The molecule has 1 radical (unpaired) electrons. The van der Waals surface area contributed by atoms with Crippen LogP contribution in [0.25, 0.3) is 22.3 Å². The molecule has 6 nitrogen and oxygen atoms in total. The molecule has 3 aromatic rings. The summed E-state index contributed by atoms with van der Waals surface area (Å²) < 4.78 is 6.12. The van der Waals surface area contributed by atoms with Crippen LogP contribution in [0.2, 0.25) is 0 Å². The molecule has 0 aliphatic carbocycles. The minimum Gasteiger partial charge on any atom is -0.488 e. The number of aromatic nitrogens is 2. The van der Waals surface area contributed by atoms with Crippen molar-refractivity contribution in [1.29, 1.82) is 0 Å². The summed E-state index contributed by atoms with van der Waals surface area (Å²) in [6.07, 6.45) is 6.92. The van der Waals surface area contributed by atoms with E-state index in [1.54, 1.807) is 0 Å². The third kappa shape index (κ3) is 4.89. The van der Waals surface area contributed by atoms with Gasteiger partial charge in [0.25, 0.3) is 0 Å². The number of carbonyl (C=O) groups is 1. The molecular weight excluding hydrogens is 436 g/mol. The zero-order valence-corrected chi connectivity index (χ0v) is 21.3. The Morgan fingerprint density at radius 2 is 1.86 bits per heavy atom. The molecule has 2 aliphatic heterocycles. The van der Waals surface area contributed by atoms with Gasteiger partial charge in [0.05, 0.1) is 5.69 Å². The molecule has 0 saturated carbocycles. The van der Waals surface area contributed by atoms with Crippen molar-refractivity contribution in [3.8, 4) is 17.0 Å². The highest BCUT2D eigenvalue weighted by Gasteiger charge is 2.32. The quantitative estimate of drug-likeness (QED) is 0.472. The van der Waals surface area contributed by atoms with Crippen LogP contribution in [0.5, 0.6) is 5.75 Å². The number of likely N-dealkylation sites (tertiary alicyclic amines) is 2. The van der Waals surface area contributed by atoms with Crippen molar-refractivity contribution >= 4 is 17.1 Å². The molecule has 2 saturated heterocycles. The van der Waals surface area contributed by atoms with Crippen LogP contribution in [-0.2, 0) is 0 Å². The number of piperidine rings is 1. The van der Waals surface area contributed by atoms with Crippen LogP contribution < -0.4 is 4.74 Å². The predicted molar refractivity (Wildman–Crippen MR) is 141 cm³/mol. The van der Waals surface area contributed by atoms with E-state index < -0.39 is 0 Å². The summed E-state index contributed by atoms with van der Waals surface area (Å²) in [5.41, 5.74) is 5.23. The van der Waals surface area contributed by atoms with Gasteiger partial charge in [-0.15, -0.1) is 0 Å². The molecule has 0 spiro atoms. The average molecular weight is 474 g/mol. The minimum atomic E-state index is -0.303. The van der Waals surface area contributed by atoms with Crippen LogP contribution in [0, 0.1) is 13.8 Å². The SMILES string of the molecule is [CH2]CC(C)(C)Oc1ccc(-c2[nH]c3ncc(C)cc3c2C2CCCN(C(=O)N3CCCC3)C2)cc1. The first-order valence-electron chi connectivity index (χ1n) is 13.0. The lowest BCUT2D eigenvalue weighted by Gasteiger charge is -2.35. The number of pyridine rings is 1. The zero-order chi connectivity index (χ0) is 24.6. The van der Waals surface area contributed by atoms with Gasteiger partial charge in [0.2, 0.25) is 0 Å². The summed E-state index contributed by atoms with van der Waals surface area (Å²) in [5, 5.41) is 1.17. The number of H-pyrrole nitrogens is 1. The van der Waals surface area contributed by atoms with Crippen molar-refractivity contribution in [1.82, 2.24) is 19.8 Å². The lowest BCUT2D eigenvalue weighted by Crippen LogP contribution is -2.46. The van der Waals surface area contributed by atoms with E-state index in [-0.39, 0.29) is 17.6 Å². The van der Waals surface area contributed by atoms with E-state index >= 15 is 0 Å². The number of hydrogen-bond acceptors (Lipinski definition) is 3. The number of rotatable bonds is 5. The van der Waals surface area contributed by atoms with Crippen LogP contribution in [0.4, 0.5) is 4.79 Å². The first-order chi connectivity index (χ1) is 16.8. The number of carbonyl (C=O) groups excluding carboxylic acids is 1. The normalized spacial score (nSPS) is 18.9. The maximum Gasteiger partial charge on any atom is 0.320 e. The van der Waals surface area contributed by atoms with Crippen LogP contribution >= 0.6 is 0 Å². The summed E-state index contributed by atoms with van der Waals surface area (Å²) in [7, 11) is 0. The van der Waals surface area contributed by atoms with Gasteiger partial charge in [-0.3, -0.25) is 0 Å². The molecule has 1 aromatic carbocycles. The van der Waals surface area contributed by atoms with Crippen molar-refractivity contribution in [2.75, 3.05) is 26.2 Å². The van der Waals surface area contributed by atoms with Crippen molar-refractivity contribution in [2.24, 2.45) is 0 Å². The van der Waals surface area contributed by atoms with Gasteiger partial charge in [-0.1, -0.05) is 0 Å². The Morgan fingerprint density at radius 1 is 1.14 bits per heavy atom. The van der Waals surface area contributed by atoms with E-state index in [1.165, 1.54) is 10.9 Å². The predicted octanol–water partition coefficient (Wildman–Crippen LogP) is 6.32. The third-order valence-corrected chi connectivity index (χ3v) is 7.44. The Morgan fingerprint density at radius 3 is 2.57 bits per heavy atom. The Bertz CT molecular complexity index is 1190. The second kappa shape index (κ2) is 9.56. The van der Waals surface area contributed by atoms with E-state index in [0.29, 0.717) is 6.42 Å². The van der Waals surface area contributed by atoms with E-state index in [0.717, 1.165) is 80.1 Å². The molecule has 2 amide bonds. The van der Waals surface area contributed by atoms with Gasteiger partial charge in [-0.2, -0.15) is 0 Å². The molecule has 2 aliphatic rings. The van der Waals surface area contributed by atoms with Gasteiger partial charge < -0.3 is 19.5 Å². The number of nitrogens with one attached hydrogen (secondary N) is 1. The summed E-state index contributed by atoms with van der Waals surface area (Å²) in [4.78, 5) is 25.6. The van der Waals surface area contributed by atoms with Crippen LogP contribution in [0.3, 0.4) is 0 Å². The molecule has 0 bridgehead atoms. The van der Waals surface area contributed by atoms with E-state index in [9.17, 15) is 4.79 Å². The number of urea groups is 1. The van der Waals surface area contributed by atoms with Crippen LogP contribution in [0.1, 0.15) is 63.0 Å². The number of hydrogen-bond donors (Lipinski definition) is 1. The highest BCUT2D eigenvalue weighted by atomic mass is 16.5. The fourth-order valence-electron chi connectivity index (χ4n) is 5.40. The van der Waals surface area contributed by atoms with Gasteiger partial charge in [0, 0.05) is 43.7 Å². The molecule has 6 heteroatoms. The average Bonchev–Trinajstić information content (AvgIpc) is 3.52. The summed E-state index contributed by atoms with van der Waals surface area (Å²) >= 11 is 0. The zero-order valence-electron chi connectivity index (χ0n) is 21.3. The molecule has 5 rings (SSSR count). The molecule has 185 valence electrons. The number of fused-ring (bicyclic) bond motifs is 1. The maximum absolute atomic E-state index is 13.2. The largest absolute Gasteiger partial charge is 0.488 e. The second-order valence-electron chi connectivity index (χ2n) is 10.7. The summed E-state index contributed by atoms with van der Waals surface area (Å²) in [6, 6.07) is 10.7. The molecule has 1 atom stereocenters. The molecule has 1 N–H and O–H groups in total. The number of aromatic amines is 1. The lowest BCUT2D eigenvalue weighted by molar-refractivity contribution is 0.112. The Hall–Kier alpha value is -3.02. The Kier molecular flexibility index (Phi) is 6.47. The van der Waals surface area contributed by atoms with E-state index in [1.807, 2.05) is 23.2 Å². The molecular formula is C29H37N4O2. The summed E-state index contributed by atoms with van der Waals surface area (Å²) in [5.74, 6) is 1.11. The monoisotopic (exact) mass is 473 g/mol. The molecule has 2 aromatic heterocycles. The fraction of sp³-hybridized carbons (Fsp3) is 0.483. The standard InChI is InChI=1S/C29H37N4O2/c1-5-29(3,4)35-23-12-10-21(11-13-23)26-25(24-17-20(2)18-30-27(24)31-26)22-9-8-16-33(19-22)28(34)32-14-6-7-15-32/h10-13,17-18,22H,1,5-9,14-16,19H2,2-4H3,(H,30,31). The first kappa shape index (κ1) is 23.7. The molecule has 2 fully saturated rings. The number of benzene rings is 1. The van der Waals surface area contributed by atoms with Crippen molar-refractivity contribution in [3.63, 3.8) is 0 Å². The first-order valence-corrected chi connectivity index (χ1v) is 13.0. The van der Waals surface area contributed by atoms with Gasteiger partial charge >= 0.3 is 6.03 Å².